The number of aliphatic imine (C=N–C) groups is 1. The van der Waals surface area contributed by atoms with Crippen molar-refractivity contribution in [3.8, 4) is 0 Å². The van der Waals surface area contributed by atoms with E-state index in [9.17, 15) is 13.2 Å². The molecule has 0 spiro atoms. The third-order valence-electron chi connectivity index (χ3n) is 3.51. The van der Waals surface area contributed by atoms with Gasteiger partial charge in [0.1, 0.15) is 11.4 Å². The number of hydrogen-bond acceptors (Lipinski definition) is 3. The summed E-state index contributed by atoms with van der Waals surface area (Å²) < 4.78 is 49.0. The molecule has 20 heavy (non-hydrogen) atoms. The van der Waals surface area contributed by atoms with Crippen LogP contribution in [0.5, 0.6) is 0 Å². The maximum Gasteiger partial charge on any atom is 0.315 e. The van der Waals surface area contributed by atoms with Crippen molar-refractivity contribution in [1.82, 2.24) is 0 Å². The Morgan fingerprint density at radius 3 is 2.45 bits per heavy atom. The zero-order valence-electron chi connectivity index (χ0n) is 11.2. The summed E-state index contributed by atoms with van der Waals surface area (Å²) in [5.74, 6) is -4.24. The van der Waals surface area contributed by atoms with Crippen LogP contribution in [-0.4, -0.2) is 17.5 Å². The normalized spacial score (nSPS) is 27.6. The lowest BCUT2D eigenvalue weighted by atomic mass is 9.78. The number of halogens is 4. The minimum atomic E-state index is -3.45. The lowest BCUT2D eigenvalue weighted by Crippen LogP contribution is -2.62. The Labute approximate surface area is 123 Å². The zero-order chi connectivity index (χ0) is 15.3. The van der Waals surface area contributed by atoms with Gasteiger partial charge in [-0.15, -0.1) is 0 Å². The Morgan fingerprint density at radius 1 is 1.25 bits per heavy atom. The first-order valence-electron chi connectivity index (χ1n) is 5.89. The lowest BCUT2D eigenvalue weighted by Gasteiger charge is -2.47. The number of nitrogens with zero attached hydrogens (tertiary/aromatic N) is 1. The highest BCUT2D eigenvalue weighted by atomic mass is 79.9. The second-order valence-corrected chi connectivity index (χ2v) is 6.26. The Hall–Kier alpha value is -1.24. The van der Waals surface area contributed by atoms with Crippen molar-refractivity contribution < 1.29 is 17.9 Å². The Kier molecular flexibility index (Phi) is 3.32. The van der Waals surface area contributed by atoms with E-state index in [1.165, 1.54) is 26.0 Å². The van der Waals surface area contributed by atoms with Gasteiger partial charge in [-0.3, -0.25) is 0 Å². The molecule has 0 bridgehead atoms. The molecule has 1 aromatic rings. The van der Waals surface area contributed by atoms with Gasteiger partial charge in [0.05, 0.1) is 0 Å². The van der Waals surface area contributed by atoms with Gasteiger partial charge in [0.2, 0.25) is 5.60 Å². The molecule has 1 aromatic carbocycles. The second kappa shape index (κ2) is 4.38. The van der Waals surface area contributed by atoms with Gasteiger partial charge in [0.15, 0.2) is 0 Å². The number of amidine groups is 1. The fraction of sp³-hybridized carbons (Fsp3) is 0.462. The third kappa shape index (κ3) is 1.99. The molecule has 2 N–H and O–H groups in total. The van der Waals surface area contributed by atoms with Crippen LogP contribution in [0.25, 0.3) is 0 Å². The summed E-state index contributed by atoms with van der Waals surface area (Å²) >= 11 is 3.14. The van der Waals surface area contributed by atoms with Crippen LogP contribution in [0.2, 0.25) is 0 Å². The summed E-state index contributed by atoms with van der Waals surface area (Å²) in [6.45, 7) is 3.58. The van der Waals surface area contributed by atoms with Gasteiger partial charge in [-0.25, -0.2) is 9.38 Å². The molecule has 1 aliphatic rings. The van der Waals surface area contributed by atoms with E-state index in [4.69, 9.17) is 10.5 Å². The van der Waals surface area contributed by atoms with Gasteiger partial charge >= 0.3 is 5.92 Å². The molecule has 3 nitrogen and oxygen atoms in total. The first-order chi connectivity index (χ1) is 9.01. The summed E-state index contributed by atoms with van der Waals surface area (Å²) in [7, 11) is 0. The zero-order valence-corrected chi connectivity index (χ0v) is 12.8. The standard InChI is InChI=1S/C13H14BrF3N2O/c1-11(2)13(16,17)12(3,20-10(18)19-11)8-6-7(14)4-5-9(8)15/h4-6H,1-3H3,(H2,18,19)/t12-/m1/s1. The second-order valence-electron chi connectivity index (χ2n) is 5.34. The summed E-state index contributed by atoms with van der Waals surface area (Å²) in [5.41, 5.74) is 1.17. The molecule has 7 heteroatoms. The van der Waals surface area contributed by atoms with Crippen LogP contribution in [0.3, 0.4) is 0 Å². The van der Waals surface area contributed by atoms with Crippen molar-refractivity contribution in [2.75, 3.05) is 0 Å². The van der Waals surface area contributed by atoms with E-state index < -0.39 is 22.9 Å². The summed E-state index contributed by atoms with van der Waals surface area (Å²) in [6, 6.07) is 3.39. The van der Waals surface area contributed by atoms with Gasteiger partial charge < -0.3 is 10.5 Å². The number of benzene rings is 1. The number of rotatable bonds is 1. The van der Waals surface area contributed by atoms with E-state index in [0.717, 1.165) is 13.0 Å². The molecule has 0 aliphatic carbocycles. The first-order valence-corrected chi connectivity index (χ1v) is 6.68. The van der Waals surface area contributed by atoms with Crippen molar-refractivity contribution >= 4 is 22.0 Å². The van der Waals surface area contributed by atoms with Crippen LogP contribution in [0.15, 0.2) is 27.7 Å². The van der Waals surface area contributed by atoms with Crippen LogP contribution >= 0.6 is 15.9 Å². The molecule has 0 amide bonds. The van der Waals surface area contributed by atoms with E-state index in [1.54, 1.807) is 0 Å². The molecule has 0 saturated carbocycles. The predicted octanol–water partition coefficient (Wildman–Crippen LogP) is 3.56. The highest BCUT2D eigenvalue weighted by Crippen LogP contribution is 2.51. The molecule has 1 aliphatic heterocycles. The maximum absolute atomic E-state index is 14.7. The van der Waals surface area contributed by atoms with E-state index >= 15 is 0 Å². The average Bonchev–Trinajstić information content (AvgIpc) is 2.29. The van der Waals surface area contributed by atoms with Gasteiger partial charge in [-0.2, -0.15) is 8.78 Å². The molecule has 1 heterocycles. The molecule has 110 valence electrons. The predicted molar refractivity (Wildman–Crippen MR) is 73.2 cm³/mol. The fourth-order valence-corrected chi connectivity index (χ4v) is 2.67. The summed E-state index contributed by atoms with van der Waals surface area (Å²) in [5, 5.41) is 0. The molecule has 2 rings (SSSR count). The quantitative estimate of drug-likeness (QED) is 0.841. The molecule has 0 fully saturated rings. The molecule has 0 aromatic heterocycles. The average molecular weight is 351 g/mol. The molecule has 1 atom stereocenters. The summed E-state index contributed by atoms with van der Waals surface area (Å²) in [4.78, 5) is 3.63. The van der Waals surface area contributed by atoms with Gasteiger partial charge in [-0.05, 0) is 39.0 Å². The molecule has 0 unspecified atom stereocenters. The van der Waals surface area contributed by atoms with Crippen molar-refractivity contribution in [3.05, 3.63) is 34.1 Å². The van der Waals surface area contributed by atoms with Crippen LogP contribution in [0.1, 0.15) is 26.3 Å². The lowest BCUT2D eigenvalue weighted by molar-refractivity contribution is -0.215. The first kappa shape index (κ1) is 15.2. The monoisotopic (exact) mass is 350 g/mol. The fourth-order valence-electron chi connectivity index (χ4n) is 2.31. The van der Waals surface area contributed by atoms with Crippen LogP contribution in [0.4, 0.5) is 13.2 Å². The number of alkyl halides is 2. The molecular weight excluding hydrogens is 337 g/mol. The Bertz CT molecular complexity index is 589. The van der Waals surface area contributed by atoms with Gasteiger partial charge in [0, 0.05) is 10.0 Å². The number of ether oxygens (including phenoxy) is 1. The number of nitrogens with two attached hydrogens (primary N) is 1. The van der Waals surface area contributed by atoms with Crippen LogP contribution in [0, 0.1) is 5.82 Å². The van der Waals surface area contributed by atoms with Crippen molar-refractivity contribution in [2.45, 2.75) is 37.8 Å². The van der Waals surface area contributed by atoms with Crippen molar-refractivity contribution in [3.63, 3.8) is 0 Å². The van der Waals surface area contributed by atoms with E-state index in [1.807, 2.05) is 0 Å². The van der Waals surface area contributed by atoms with Crippen LogP contribution < -0.4 is 5.73 Å². The topological polar surface area (TPSA) is 47.6 Å². The van der Waals surface area contributed by atoms with Gasteiger partial charge in [-0.1, -0.05) is 15.9 Å². The third-order valence-corrected chi connectivity index (χ3v) is 4.00. The Balaban J connectivity index is 2.70. The smallest absolute Gasteiger partial charge is 0.315 e. The molecule has 0 radical (unpaired) electrons. The SMILES string of the molecule is CC1(C)N=C(N)O[C@](C)(c2cc(Br)ccc2F)C1(F)F. The highest BCUT2D eigenvalue weighted by molar-refractivity contribution is 9.10. The van der Waals surface area contributed by atoms with E-state index in [2.05, 4.69) is 20.9 Å². The van der Waals surface area contributed by atoms with Crippen LogP contribution in [-0.2, 0) is 10.3 Å². The highest BCUT2D eigenvalue weighted by Gasteiger charge is 2.66. The number of hydrogen-bond donors (Lipinski definition) is 1. The summed E-state index contributed by atoms with van der Waals surface area (Å²) in [6.07, 6.45) is 0. The molecular formula is C13H14BrF3N2O. The van der Waals surface area contributed by atoms with Crippen molar-refractivity contribution in [1.29, 1.82) is 0 Å². The Morgan fingerprint density at radius 2 is 1.85 bits per heavy atom. The van der Waals surface area contributed by atoms with Gasteiger partial charge in [0.25, 0.3) is 6.02 Å². The maximum atomic E-state index is 14.7. The van der Waals surface area contributed by atoms with E-state index in [-0.39, 0.29) is 11.6 Å². The molecule has 0 saturated heterocycles. The van der Waals surface area contributed by atoms with E-state index in [0.29, 0.717) is 4.47 Å². The minimum Gasteiger partial charge on any atom is -0.448 e. The minimum absolute atomic E-state index is 0.275. The van der Waals surface area contributed by atoms with Crippen molar-refractivity contribution in [2.24, 2.45) is 10.7 Å². The largest absolute Gasteiger partial charge is 0.448 e.